The number of halogens is 1. The number of thiazole rings is 1. The lowest BCUT2D eigenvalue weighted by Crippen LogP contribution is -2.22. The Balaban J connectivity index is 1.45. The molecular formula is C20H19FN2OS. The molecule has 25 heavy (non-hydrogen) atoms. The number of nitrogens with one attached hydrogen (secondary N) is 1. The smallest absolute Gasteiger partial charge is 0.220 e. The lowest BCUT2D eigenvalue weighted by Gasteiger charge is -2.03. The molecule has 1 heterocycles. The molecule has 1 amide bonds. The standard InChI is InChI=1S/C20H19FN2OS/c21-17-9-6-16(7-10-17)12-18-13-23-20(25-18)14-22-19(24)11-8-15-4-2-1-3-5-15/h1-7,9-10,13H,8,11-12,14H2,(H,22,24). The van der Waals surface area contributed by atoms with Gasteiger partial charge in [-0.25, -0.2) is 9.37 Å². The van der Waals surface area contributed by atoms with Gasteiger partial charge in [-0.3, -0.25) is 4.79 Å². The van der Waals surface area contributed by atoms with Crippen molar-refractivity contribution >= 4 is 17.2 Å². The summed E-state index contributed by atoms with van der Waals surface area (Å²) in [5, 5.41) is 3.79. The monoisotopic (exact) mass is 354 g/mol. The zero-order valence-corrected chi connectivity index (χ0v) is 14.6. The van der Waals surface area contributed by atoms with Crippen molar-refractivity contribution < 1.29 is 9.18 Å². The summed E-state index contributed by atoms with van der Waals surface area (Å²) in [5.41, 5.74) is 2.21. The first-order chi connectivity index (χ1) is 12.2. The van der Waals surface area contributed by atoms with Crippen LogP contribution in [0.3, 0.4) is 0 Å². The van der Waals surface area contributed by atoms with Gasteiger partial charge in [0.25, 0.3) is 0 Å². The summed E-state index contributed by atoms with van der Waals surface area (Å²) >= 11 is 1.57. The molecule has 0 bridgehead atoms. The summed E-state index contributed by atoms with van der Waals surface area (Å²) < 4.78 is 12.9. The molecule has 0 unspecified atom stereocenters. The molecule has 1 N–H and O–H groups in total. The van der Waals surface area contributed by atoms with E-state index >= 15 is 0 Å². The van der Waals surface area contributed by atoms with E-state index in [1.54, 1.807) is 23.5 Å². The van der Waals surface area contributed by atoms with Crippen molar-refractivity contribution in [2.45, 2.75) is 25.8 Å². The second-order valence-corrected chi connectivity index (χ2v) is 6.99. The molecular weight excluding hydrogens is 335 g/mol. The van der Waals surface area contributed by atoms with Crippen LogP contribution in [0.25, 0.3) is 0 Å². The van der Waals surface area contributed by atoms with Crippen LogP contribution >= 0.6 is 11.3 Å². The molecule has 0 radical (unpaired) electrons. The number of hydrogen-bond donors (Lipinski definition) is 1. The average molecular weight is 354 g/mol. The van der Waals surface area contributed by atoms with Crippen LogP contribution in [-0.2, 0) is 24.2 Å². The highest BCUT2D eigenvalue weighted by atomic mass is 32.1. The average Bonchev–Trinajstić information content (AvgIpc) is 3.08. The summed E-state index contributed by atoms with van der Waals surface area (Å²) in [4.78, 5) is 17.4. The Morgan fingerprint density at radius 3 is 2.56 bits per heavy atom. The molecule has 2 aromatic carbocycles. The highest BCUT2D eigenvalue weighted by Gasteiger charge is 2.06. The summed E-state index contributed by atoms with van der Waals surface area (Å²) in [7, 11) is 0. The van der Waals surface area contributed by atoms with E-state index in [9.17, 15) is 9.18 Å². The molecule has 0 spiro atoms. The fraction of sp³-hybridized carbons (Fsp3) is 0.200. The first kappa shape index (κ1) is 17.3. The van der Waals surface area contributed by atoms with E-state index in [-0.39, 0.29) is 11.7 Å². The van der Waals surface area contributed by atoms with Gasteiger partial charge in [-0.05, 0) is 29.7 Å². The van der Waals surface area contributed by atoms with E-state index in [1.165, 1.54) is 12.1 Å². The van der Waals surface area contributed by atoms with Gasteiger partial charge in [-0.15, -0.1) is 11.3 Å². The second kappa shape index (κ2) is 8.53. The predicted octanol–water partition coefficient (Wildman–Crippen LogP) is 4.12. The number of aromatic nitrogens is 1. The van der Waals surface area contributed by atoms with E-state index in [0.717, 1.165) is 33.9 Å². The Bertz CT molecular complexity index is 815. The fourth-order valence-corrected chi connectivity index (χ4v) is 3.38. The van der Waals surface area contributed by atoms with Crippen molar-refractivity contribution in [3.8, 4) is 0 Å². The topological polar surface area (TPSA) is 42.0 Å². The normalized spacial score (nSPS) is 10.6. The van der Waals surface area contributed by atoms with Gasteiger partial charge in [0.05, 0.1) is 6.54 Å². The van der Waals surface area contributed by atoms with Crippen molar-refractivity contribution in [3.05, 3.63) is 87.6 Å². The van der Waals surface area contributed by atoms with Gasteiger partial charge >= 0.3 is 0 Å². The van der Waals surface area contributed by atoms with Crippen LogP contribution in [0.15, 0.2) is 60.8 Å². The third kappa shape index (κ3) is 5.50. The maximum Gasteiger partial charge on any atom is 0.220 e. The number of benzene rings is 2. The van der Waals surface area contributed by atoms with Gasteiger partial charge in [0.1, 0.15) is 10.8 Å². The predicted molar refractivity (Wildman–Crippen MR) is 97.9 cm³/mol. The zero-order valence-electron chi connectivity index (χ0n) is 13.7. The van der Waals surface area contributed by atoms with E-state index in [4.69, 9.17) is 0 Å². The molecule has 0 aliphatic rings. The second-order valence-electron chi connectivity index (χ2n) is 5.79. The molecule has 5 heteroatoms. The lowest BCUT2D eigenvalue weighted by molar-refractivity contribution is -0.121. The molecule has 0 fully saturated rings. The van der Waals surface area contributed by atoms with Crippen LogP contribution in [0.5, 0.6) is 0 Å². The lowest BCUT2D eigenvalue weighted by atomic mass is 10.1. The van der Waals surface area contributed by atoms with Crippen molar-refractivity contribution in [3.63, 3.8) is 0 Å². The maximum atomic E-state index is 12.9. The van der Waals surface area contributed by atoms with E-state index in [1.807, 2.05) is 36.5 Å². The third-order valence-electron chi connectivity index (χ3n) is 3.81. The maximum absolute atomic E-state index is 12.9. The van der Waals surface area contributed by atoms with Crippen LogP contribution in [0, 0.1) is 5.82 Å². The first-order valence-electron chi connectivity index (χ1n) is 8.18. The number of hydrogen-bond acceptors (Lipinski definition) is 3. The summed E-state index contributed by atoms with van der Waals surface area (Å²) in [5.74, 6) is -0.203. The fourth-order valence-electron chi connectivity index (χ4n) is 2.48. The quantitative estimate of drug-likeness (QED) is 0.693. The summed E-state index contributed by atoms with van der Waals surface area (Å²) in [6.07, 6.45) is 3.75. The SMILES string of the molecule is O=C(CCc1ccccc1)NCc1ncc(Cc2ccc(F)cc2)s1. The number of nitrogens with zero attached hydrogens (tertiary/aromatic N) is 1. The molecule has 3 rings (SSSR count). The van der Waals surface area contributed by atoms with Crippen LogP contribution in [0.1, 0.15) is 27.4 Å². The molecule has 0 saturated carbocycles. The molecule has 0 atom stereocenters. The van der Waals surface area contributed by atoms with Crippen molar-refractivity contribution in [1.29, 1.82) is 0 Å². The zero-order chi connectivity index (χ0) is 17.5. The van der Waals surface area contributed by atoms with Gasteiger partial charge in [0.15, 0.2) is 0 Å². The van der Waals surface area contributed by atoms with Crippen LogP contribution in [0.2, 0.25) is 0 Å². The molecule has 128 valence electrons. The molecule has 0 saturated heterocycles. The summed E-state index contributed by atoms with van der Waals surface area (Å²) in [6.45, 7) is 0.446. The van der Waals surface area contributed by atoms with Gasteiger partial charge in [-0.1, -0.05) is 42.5 Å². The van der Waals surface area contributed by atoms with Crippen molar-refractivity contribution in [2.24, 2.45) is 0 Å². The molecule has 0 aliphatic carbocycles. The molecule has 3 nitrogen and oxygen atoms in total. The summed E-state index contributed by atoms with van der Waals surface area (Å²) in [6, 6.07) is 16.5. The van der Waals surface area contributed by atoms with Gasteiger partial charge in [0.2, 0.25) is 5.91 Å². The van der Waals surface area contributed by atoms with Gasteiger partial charge in [0, 0.05) is 23.9 Å². The van der Waals surface area contributed by atoms with Crippen molar-refractivity contribution in [2.75, 3.05) is 0 Å². The third-order valence-corrected chi connectivity index (χ3v) is 4.81. The Hall–Kier alpha value is -2.53. The van der Waals surface area contributed by atoms with Gasteiger partial charge in [-0.2, -0.15) is 0 Å². The Morgan fingerprint density at radius 1 is 1.04 bits per heavy atom. The van der Waals surface area contributed by atoms with Gasteiger partial charge < -0.3 is 5.32 Å². The minimum Gasteiger partial charge on any atom is -0.350 e. The minimum atomic E-state index is -0.230. The number of aryl methyl sites for hydroxylation is 1. The Morgan fingerprint density at radius 2 is 1.80 bits per heavy atom. The molecule has 0 aliphatic heterocycles. The minimum absolute atomic E-state index is 0.0270. The number of carbonyl (C=O) groups is 1. The van der Waals surface area contributed by atoms with Crippen LogP contribution < -0.4 is 5.32 Å². The van der Waals surface area contributed by atoms with Crippen LogP contribution in [0.4, 0.5) is 4.39 Å². The highest BCUT2D eigenvalue weighted by Crippen LogP contribution is 2.17. The van der Waals surface area contributed by atoms with E-state index in [2.05, 4.69) is 10.3 Å². The van der Waals surface area contributed by atoms with Crippen molar-refractivity contribution in [1.82, 2.24) is 10.3 Å². The number of amides is 1. The largest absolute Gasteiger partial charge is 0.350 e. The Kier molecular flexibility index (Phi) is 5.90. The molecule has 3 aromatic rings. The highest BCUT2D eigenvalue weighted by molar-refractivity contribution is 7.11. The Labute approximate surface area is 150 Å². The first-order valence-corrected chi connectivity index (χ1v) is 8.99. The number of carbonyl (C=O) groups excluding carboxylic acids is 1. The van der Waals surface area contributed by atoms with E-state index in [0.29, 0.717) is 13.0 Å². The molecule has 1 aromatic heterocycles. The van der Waals surface area contributed by atoms with E-state index < -0.39 is 0 Å². The number of rotatable bonds is 7. The van der Waals surface area contributed by atoms with Crippen LogP contribution in [-0.4, -0.2) is 10.9 Å².